The smallest absolute Gasteiger partial charge is 0.136 e. The maximum atomic E-state index is 6.23. The van der Waals surface area contributed by atoms with Crippen LogP contribution in [0.4, 0.5) is 17.1 Å². The number of hydrogen-bond donors (Lipinski definition) is 0. The van der Waals surface area contributed by atoms with E-state index in [1.165, 1.54) is 69.7 Å². The zero-order valence-corrected chi connectivity index (χ0v) is 29.7. The Labute approximate surface area is 305 Å². The van der Waals surface area contributed by atoms with Crippen molar-refractivity contribution < 1.29 is 4.42 Å². The molecule has 0 amide bonds. The highest BCUT2D eigenvalue weighted by molar-refractivity contribution is 7.25. The second kappa shape index (κ2) is 10.9. The van der Waals surface area contributed by atoms with Gasteiger partial charge in [-0.2, -0.15) is 0 Å². The normalized spacial score (nSPS) is 13.3. The number of fused-ring (bicyclic) bond motifs is 11. The Kier molecular flexibility index (Phi) is 6.21. The first kappa shape index (κ1) is 29.6. The second-order valence-electron chi connectivity index (χ2n) is 14.5. The molecular formula is C49H33NOS. The van der Waals surface area contributed by atoms with Gasteiger partial charge in [0.1, 0.15) is 11.2 Å². The SMILES string of the molecule is CC1(C)c2ccccc2-c2ccc(N(c3ccc(-c4ccc5ccc6oc7ccccc7c6c5c4)cc3)c3ccc4sc5ccccc5c4c3)cc21. The van der Waals surface area contributed by atoms with Crippen molar-refractivity contribution in [3.8, 4) is 22.3 Å². The van der Waals surface area contributed by atoms with Gasteiger partial charge in [-0.05, 0) is 111 Å². The number of nitrogens with zero attached hydrogens (tertiary/aromatic N) is 1. The lowest BCUT2D eigenvalue weighted by molar-refractivity contribution is 0.660. The summed E-state index contributed by atoms with van der Waals surface area (Å²) in [6, 6.07) is 60.1. The van der Waals surface area contributed by atoms with Crippen molar-refractivity contribution in [1.82, 2.24) is 0 Å². The Hall–Kier alpha value is -6.16. The molecule has 0 spiro atoms. The average Bonchev–Trinajstić information content (AvgIpc) is 3.83. The Morgan fingerprint density at radius 3 is 2.04 bits per heavy atom. The molecule has 0 bridgehead atoms. The van der Waals surface area contributed by atoms with Gasteiger partial charge in [-0.15, -0.1) is 11.3 Å². The van der Waals surface area contributed by atoms with Gasteiger partial charge in [-0.1, -0.05) is 111 Å². The first-order valence-corrected chi connectivity index (χ1v) is 18.7. The highest BCUT2D eigenvalue weighted by Gasteiger charge is 2.35. The summed E-state index contributed by atoms with van der Waals surface area (Å²) in [5.41, 5.74) is 13.0. The monoisotopic (exact) mass is 683 g/mol. The molecule has 0 aliphatic heterocycles. The van der Waals surface area contributed by atoms with E-state index in [0.29, 0.717) is 0 Å². The van der Waals surface area contributed by atoms with Gasteiger partial charge in [0, 0.05) is 53.4 Å². The van der Waals surface area contributed by atoms with Gasteiger partial charge in [0.2, 0.25) is 0 Å². The van der Waals surface area contributed by atoms with Gasteiger partial charge in [-0.25, -0.2) is 0 Å². The number of para-hydroxylation sites is 1. The van der Waals surface area contributed by atoms with Crippen LogP contribution in [-0.2, 0) is 5.41 Å². The van der Waals surface area contributed by atoms with Crippen molar-refractivity contribution in [1.29, 1.82) is 0 Å². The molecule has 8 aromatic carbocycles. The van der Waals surface area contributed by atoms with E-state index in [0.717, 1.165) is 33.6 Å². The third kappa shape index (κ3) is 4.30. The predicted octanol–water partition coefficient (Wildman–Crippen LogP) is 14.6. The van der Waals surface area contributed by atoms with E-state index in [1.807, 2.05) is 17.4 Å². The van der Waals surface area contributed by atoms with Crippen LogP contribution in [0.5, 0.6) is 0 Å². The number of rotatable bonds is 4. The molecule has 0 atom stereocenters. The van der Waals surface area contributed by atoms with E-state index in [-0.39, 0.29) is 5.41 Å². The van der Waals surface area contributed by atoms with Crippen LogP contribution in [0, 0.1) is 0 Å². The highest BCUT2D eigenvalue weighted by Crippen LogP contribution is 2.51. The van der Waals surface area contributed by atoms with Gasteiger partial charge in [0.15, 0.2) is 0 Å². The minimum Gasteiger partial charge on any atom is -0.456 e. The molecule has 2 heterocycles. The Bertz CT molecular complexity index is 3050. The summed E-state index contributed by atoms with van der Waals surface area (Å²) in [7, 11) is 0. The van der Waals surface area contributed by atoms with Crippen molar-refractivity contribution in [3.05, 3.63) is 175 Å². The summed E-state index contributed by atoms with van der Waals surface area (Å²) in [6.45, 7) is 4.71. The number of hydrogen-bond acceptors (Lipinski definition) is 3. The average molecular weight is 684 g/mol. The lowest BCUT2D eigenvalue weighted by atomic mass is 9.82. The van der Waals surface area contributed by atoms with Crippen LogP contribution in [0.15, 0.2) is 168 Å². The minimum absolute atomic E-state index is 0.0905. The van der Waals surface area contributed by atoms with Gasteiger partial charge in [0.05, 0.1) is 0 Å². The van der Waals surface area contributed by atoms with E-state index < -0.39 is 0 Å². The van der Waals surface area contributed by atoms with Crippen LogP contribution in [0.2, 0.25) is 0 Å². The number of anilines is 3. The zero-order valence-electron chi connectivity index (χ0n) is 28.9. The molecule has 0 saturated heterocycles. The summed E-state index contributed by atoms with van der Waals surface area (Å²) >= 11 is 1.86. The molecule has 0 unspecified atom stereocenters. The van der Waals surface area contributed by atoms with Crippen LogP contribution in [0.1, 0.15) is 25.0 Å². The van der Waals surface area contributed by atoms with Crippen molar-refractivity contribution >= 4 is 81.3 Å². The molecule has 10 aromatic rings. The molecule has 3 heteroatoms. The van der Waals surface area contributed by atoms with Crippen LogP contribution in [0.3, 0.4) is 0 Å². The molecule has 0 radical (unpaired) electrons. The van der Waals surface area contributed by atoms with E-state index in [2.05, 4.69) is 176 Å². The van der Waals surface area contributed by atoms with Crippen LogP contribution >= 0.6 is 11.3 Å². The first-order chi connectivity index (χ1) is 25.5. The molecule has 52 heavy (non-hydrogen) atoms. The standard InChI is InChI=1S/C49H33NOS/c1-49(2)42-12-6-3-9-36(42)37-24-22-35(29-43(37)49)50(34-23-26-47-41(28-34)38-10-5-8-14-46(38)52-47)33-20-17-30(18-21-33)32-16-15-31-19-25-45-48(40(31)27-32)39-11-4-7-13-44(39)51-45/h3-29H,1-2H3. The van der Waals surface area contributed by atoms with Crippen LogP contribution < -0.4 is 4.90 Å². The minimum atomic E-state index is -0.0905. The van der Waals surface area contributed by atoms with Crippen molar-refractivity contribution in [2.75, 3.05) is 4.90 Å². The Balaban J connectivity index is 1.06. The third-order valence-electron chi connectivity index (χ3n) is 11.3. The summed E-state index contributed by atoms with van der Waals surface area (Å²) in [5.74, 6) is 0. The fourth-order valence-electron chi connectivity index (χ4n) is 8.66. The van der Waals surface area contributed by atoms with Gasteiger partial charge in [0.25, 0.3) is 0 Å². The summed E-state index contributed by atoms with van der Waals surface area (Å²) in [6.07, 6.45) is 0. The fourth-order valence-corrected chi connectivity index (χ4v) is 9.74. The molecular weight excluding hydrogens is 651 g/mol. The fraction of sp³-hybridized carbons (Fsp3) is 0.0612. The second-order valence-corrected chi connectivity index (χ2v) is 15.6. The van der Waals surface area contributed by atoms with Crippen molar-refractivity contribution in [2.45, 2.75) is 19.3 Å². The molecule has 1 aliphatic carbocycles. The zero-order chi connectivity index (χ0) is 34.6. The van der Waals surface area contributed by atoms with Crippen LogP contribution in [-0.4, -0.2) is 0 Å². The van der Waals surface area contributed by atoms with Gasteiger partial charge >= 0.3 is 0 Å². The highest BCUT2D eigenvalue weighted by atomic mass is 32.1. The molecule has 2 aromatic heterocycles. The van der Waals surface area contributed by atoms with E-state index >= 15 is 0 Å². The van der Waals surface area contributed by atoms with Crippen molar-refractivity contribution in [3.63, 3.8) is 0 Å². The Morgan fingerprint density at radius 2 is 1.13 bits per heavy atom. The number of thiophene rings is 1. The molecule has 0 N–H and O–H groups in total. The van der Waals surface area contributed by atoms with E-state index in [1.54, 1.807) is 0 Å². The summed E-state index contributed by atoms with van der Waals surface area (Å²) in [4.78, 5) is 2.43. The number of benzene rings is 8. The molecule has 0 saturated carbocycles. The summed E-state index contributed by atoms with van der Waals surface area (Å²) < 4.78 is 8.86. The maximum absolute atomic E-state index is 6.23. The van der Waals surface area contributed by atoms with E-state index in [4.69, 9.17) is 4.42 Å². The lowest BCUT2D eigenvalue weighted by Gasteiger charge is -2.28. The molecule has 246 valence electrons. The largest absolute Gasteiger partial charge is 0.456 e. The quantitative estimate of drug-likeness (QED) is 0.184. The molecule has 1 aliphatic rings. The van der Waals surface area contributed by atoms with Crippen LogP contribution in [0.25, 0.3) is 75.1 Å². The lowest BCUT2D eigenvalue weighted by Crippen LogP contribution is -2.16. The van der Waals surface area contributed by atoms with Gasteiger partial charge < -0.3 is 9.32 Å². The maximum Gasteiger partial charge on any atom is 0.136 e. The van der Waals surface area contributed by atoms with E-state index in [9.17, 15) is 0 Å². The topological polar surface area (TPSA) is 16.4 Å². The molecule has 2 nitrogen and oxygen atoms in total. The Morgan fingerprint density at radius 1 is 0.462 bits per heavy atom. The number of furan rings is 1. The first-order valence-electron chi connectivity index (χ1n) is 17.9. The third-order valence-corrected chi connectivity index (χ3v) is 12.4. The van der Waals surface area contributed by atoms with Crippen molar-refractivity contribution in [2.24, 2.45) is 0 Å². The van der Waals surface area contributed by atoms with Gasteiger partial charge in [-0.3, -0.25) is 0 Å². The summed E-state index contributed by atoms with van der Waals surface area (Å²) in [5, 5.41) is 7.36. The molecule has 0 fully saturated rings. The molecule has 11 rings (SSSR count). The predicted molar refractivity (Wildman–Crippen MR) is 222 cm³/mol.